The van der Waals surface area contributed by atoms with E-state index in [2.05, 4.69) is 27.6 Å². The van der Waals surface area contributed by atoms with Gasteiger partial charge in [0.1, 0.15) is 5.01 Å². The first-order valence-electron chi connectivity index (χ1n) is 5.20. The van der Waals surface area contributed by atoms with E-state index in [1.54, 1.807) is 22.7 Å². The number of hydrogen-bond donors (Lipinski definition) is 1. The van der Waals surface area contributed by atoms with Gasteiger partial charge in [-0.05, 0) is 20.8 Å². The molecule has 5 heteroatoms. The predicted molar refractivity (Wildman–Crippen MR) is 69.0 cm³/mol. The number of nitrogens with one attached hydrogen (secondary N) is 1. The van der Waals surface area contributed by atoms with E-state index in [1.807, 2.05) is 13.8 Å². The highest BCUT2D eigenvalue weighted by Crippen LogP contribution is 2.17. The summed E-state index contributed by atoms with van der Waals surface area (Å²) in [7, 11) is 0. The highest BCUT2D eigenvalue weighted by atomic mass is 32.1. The van der Waals surface area contributed by atoms with E-state index in [-0.39, 0.29) is 0 Å². The van der Waals surface area contributed by atoms with Gasteiger partial charge in [-0.2, -0.15) is 0 Å². The number of rotatable bonds is 4. The molecule has 0 saturated heterocycles. The molecule has 0 bridgehead atoms. The molecular formula is C11H15N3S2. The normalized spacial score (nSPS) is 10.9. The van der Waals surface area contributed by atoms with Crippen LogP contribution in [-0.4, -0.2) is 9.97 Å². The molecule has 0 saturated carbocycles. The summed E-state index contributed by atoms with van der Waals surface area (Å²) in [6, 6.07) is 0. The fourth-order valence-corrected chi connectivity index (χ4v) is 3.15. The molecule has 0 aromatic carbocycles. The summed E-state index contributed by atoms with van der Waals surface area (Å²) >= 11 is 3.47. The van der Waals surface area contributed by atoms with Crippen LogP contribution in [0.2, 0.25) is 0 Å². The molecule has 2 aromatic heterocycles. The third kappa shape index (κ3) is 2.87. The summed E-state index contributed by atoms with van der Waals surface area (Å²) in [4.78, 5) is 10.1. The molecule has 1 N–H and O–H groups in total. The molecular weight excluding hydrogens is 238 g/mol. The Morgan fingerprint density at radius 2 is 2.00 bits per heavy atom. The number of aryl methyl sites for hydroxylation is 3. The van der Waals surface area contributed by atoms with Gasteiger partial charge in [0.15, 0.2) is 0 Å². The zero-order valence-electron chi connectivity index (χ0n) is 9.70. The van der Waals surface area contributed by atoms with Crippen molar-refractivity contribution in [3.05, 3.63) is 31.7 Å². The topological polar surface area (TPSA) is 37.8 Å². The Kier molecular flexibility index (Phi) is 3.68. The average molecular weight is 253 g/mol. The van der Waals surface area contributed by atoms with Crippen LogP contribution in [0.5, 0.6) is 0 Å². The Hall–Kier alpha value is -0.780. The van der Waals surface area contributed by atoms with Gasteiger partial charge < -0.3 is 5.32 Å². The summed E-state index contributed by atoms with van der Waals surface area (Å²) in [5, 5.41) is 7.77. The van der Waals surface area contributed by atoms with E-state index in [4.69, 9.17) is 0 Å². The van der Waals surface area contributed by atoms with Gasteiger partial charge in [0.25, 0.3) is 0 Å². The van der Waals surface area contributed by atoms with Gasteiger partial charge in [0, 0.05) is 29.0 Å². The summed E-state index contributed by atoms with van der Waals surface area (Å²) in [6.07, 6.45) is 0. The third-order valence-corrected chi connectivity index (χ3v) is 4.27. The second-order valence-electron chi connectivity index (χ2n) is 3.73. The number of thiazole rings is 2. The SMILES string of the molecule is Cc1csc(CNCc2sc(C)nc2C)n1. The average Bonchev–Trinajstić information content (AvgIpc) is 2.74. The summed E-state index contributed by atoms with van der Waals surface area (Å²) in [5.74, 6) is 0. The number of hydrogen-bond acceptors (Lipinski definition) is 5. The van der Waals surface area contributed by atoms with Crippen LogP contribution in [0.3, 0.4) is 0 Å². The largest absolute Gasteiger partial charge is 0.305 e. The minimum Gasteiger partial charge on any atom is -0.305 e. The highest BCUT2D eigenvalue weighted by Gasteiger charge is 2.04. The first-order chi connectivity index (χ1) is 7.65. The fourth-order valence-electron chi connectivity index (χ4n) is 1.50. The Bertz CT molecular complexity index is 473. The second kappa shape index (κ2) is 5.03. The molecule has 0 fully saturated rings. The van der Waals surface area contributed by atoms with Gasteiger partial charge >= 0.3 is 0 Å². The van der Waals surface area contributed by atoms with Crippen molar-refractivity contribution < 1.29 is 0 Å². The van der Waals surface area contributed by atoms with Crippen molar-refractivity contribution in [2.45, 2.75) is 33.9 Å². The van der Waals surface area contributed by atoms with Gasteiger partial charge in [-0.25, -0.2) is 9.97 Å². The third-order valence-electron chi connectivity index (χ3n) is 2.23. The van der Waals surface area contributed by atoms with Crippen molar-refractivity contribution in [3.8, 4) is 0 Å². The molecule has 0 amide bonds. The van der Waals surface area contributed by atoms with Crippen LogP contribution in [0.1, 0.15) is 26.3 Å². The lowest BCUT2D eigenvalue weighted by molar-refractivity contribution is 0.692. The van der Waals surface area contributed by atoms with E-state index in [1.165, 1.54) is 4.88 Å². The molecule has 0 atom stereocenters. The monoisotopic (exact) mass is 253 g/mol. The summed E-state index contributed by atoms with van der Waals surface area (Å²) in [6.45, 7) is 7.86. The van der Waals surface area contributed by atoms with Crippen LogP contribution in [0, 0.1) is 20.8 Å². The minimum atomic E-state index is 0.842. The van der Waals surface area contributed by atoms with Gasteiger partial charge in [-0.15, -0.1) is 22.7 Å². The van der Waals surface area contributed by atoms with Crippen molar-refractivity contribution in [1.29, 1.82) is 0 Å². The summed E-state index contributed by atoms with van der Waals surface area (Å²) < 4.78 is 0. The van der Waals surface area contributed by atoms with Crippen LogP contribution in [0.25, 0.3) is 0 Å². The predicted octanol–water partition coefficient (Wildman–Crippen LogP) is 2.81. The zero-order valence-corrected chi connectivity index (χ0v) is 11.3. The molecule has 0 aliphatic rings. The molecule has 3 nitrogen and oxygen atoms in total. The Morgan fingerprint density at radius 1 is 1.19 bits per heavy atom. The highest BCUT2D eigenvalue weighted by molar-refractivity contribution is 7.11. The molecule has 2 aromatic rings. The molecule has 2 heterocycles. The first-order valence-corrected chi connectivity index (χ1v) is 6.89. The molecule has 16 heavy (non-hydrogen) atoms. The molecule has 0 aliphatic carbocycles. The van der Waals surface area contributed by atoms with Gasteiger partial charge in [-0.3, -0.25) is 0 Å². The van der Waals surface area contributed by atoms with Gasteiger partial charge in [-0.1, -0.05) is 0 Å². The Balaban J connectivity index is 1.86. The van der Waals surface area contributed by atoms with Gasteiger partial charge in [0.2, 0.25) is 0 Å². The number of aromatic nitrogens is 2. The van der Waals surface area contributed by atoms with E-state index >= 15 is 0 Å². The lowest BCUT2D eigenvalue weighted by Gasteiger charge is -2.00. The quantitative estimate of drug-likeness (QED) is 0.910. The Labute approximate surface area is 104 Å². The lowest BCUT2D eigenvalue weighted by atomic mass is 10.4. The van der Waals surface area contributed by atoms with E-state index < -0.39 is 0 Å². The minimum absolute atomic E-state index is 0.842. The molecule has 2 rings (SSSR count). The van der Waals surface area contributed by atoms with Crippen molar-refractivity contribution in [3.63, 3.8) is 0 Å². The standard InChI is InChI=1S/C11H15N3S2/c1-7-6-15-11(13-7)5-12-4-10-8(2)14-9(3)16-10/h6,12H,4-5H2,1-3H3. The van der Waals surface area contributed by atoms with Crippen molar-refractivity contribution in [2.75, 3.05) is 0 Å². The van der Waals surface area contributed by atoms with Crippen molar-refractivity contribution in [2.24, 2.45) is 0 Å². The molecule has 0 radical (unpaired) electrons. The lowest BCUT2D eigenvalue weighted by Crippen LogP contribution is -2.12. The van der Waals surface area contributed by atoms with E-state index in [0.29, 0.717) is 0 Å². The van der Waals surface area contributed by atoms with Gasteiger partial charge in [0.05, 0.1) is 10.7 Å². The molecule has 0 spiro atoms. The van der Waals surface area contributed by atoms with Crippen LogP contribution >= 0.6 is 22.7 Å². The van der Waals surface area contributed by atoms with Crippen molar-refractivity contribution >= 4 is 22.7 Å². The Morgan fingerprint density at radius 3 is 2.56 bits per heavy atom. The van der Waals surface area contributed by atoms with E-state index in [9.17, 15) is 0 Å². The molecule has 86 valence electrons. The zero-order chi connectivity index (χ0) is 11.5. The van der Waals surface area contributed by atoms with Crippen molar-refractivity contribution in [1.82, 2.24) is 15.3 Å². The maximum absolute atomic E-state index is 4.41. The molecule has 0 aliphatic heterocycles. The summed E-state index contributed by atoms with van der Waals surface area (Å²) in [5.41, 5.74) is 2.25. The van der Waals surface area contributed by atoms with Crippen LogP contribution in [-0.2, 0) is 13.1 Å². The first kappa shape index (κ1) is 11.7. The van der Waals surface area contributed by atoms with Crippen LogP contribution in [0.4, 0.5) is 0 Å². The van der Waals surface area contributed by atoms with E-state index in [0.717, 1.165) is 34.5 Å². The maximum atomic E-state index is 4.41. The van der Waals surface area contributed by atoms with Crippen LogP contribution in [0.15, 0.2) is 5.38 Å². The number of nitrogens with zero attached hydrogens (tertiary/aromatic N) is 2. The fraction of sp³-hybridized carbons (Fsp3) is 0.455. The smallest absolute Gasteiger partial charge is 0.107 e. The maximum Gasteiger partial charge on any atom is 0.107 e. The second-order valence-corrected chi connectivity index (χ2v) is 5.96. The van der Waals surface area contributed by atoms with Crippen LogP contribution < -0.4 is 5.32 Å². The molecule has 0 unspecified atom stereocenters.